The van der Waals surface area contributed by atoms with Crippen molar-refractivity contribution in [1.82, 2.24) is 4.57 Å². The number of hydrogen-bond acceptors (Lipinski definition) is 6. The van der Waals surface area contributed by atoms with Gasteiger partial charge in [-0.1, -0.05) is 78.7 Å². The molecule has 3 heterocycles. The van der Waals surface area contributed by atoms with E-state index in [1.165, 1.54) is 21.2 Å². The monoisotopic (exact) mass is 717 g/mol. The molecule has 3 aromatic carbocycles. The second-order valence-electron chi connectivity index (χ2n) is 9.26. The van der Waals surface area contributed by atoms with Crippen LogP contribution in [-0.4, -0.2) is 27.5 Å². The van der Waals surface area contributed by atoms with Crippen molar-refractivity contribution in [3.63, 3.8) is 0 Å². The standard InChI is InChI=1S/C28H18Br2ClN3O4S2/c29-15-4-10-19(11-5-15)34-25(36)22-21(14-2-1-3-16(30)12-14)24-27(39-23(22)26(34)37)33(28(38)40-24)13-20(35)32-18-8-6-17(31)7-9-18/h1-12,21-23H,13H2,(H,32,35)/t21-,22-,23+/m0/s1. The number of thiazole rings is 1. The van der Waals surface area contributed by atoms with Crippen LogP contribution in [0.4, 0.5) is 11.4 Å². The number of fused-ring (bicyclic) bond motifs is 2. The van der Waals surface area contributed by atoms with E-state index in [0.29, 0.717) is 26.3 Å². The van der Waals surface area contributed by atoms with E-state index in [0.717, 1.165) is 25.8 Å². The van der Waals surface area contributed by atoms with Crippen LogP contribution in [0.3, 0.4) is 0 Å². The van der Waals surface area contributed by atoms with Crippen LogP contribution >= 0.6 is 66.6 Å². The molecule has 6 rings (SSSR count). The SMILES string of the molecule is O=C(Cn1c2c(sc1=O)[C@@H](c1cccc(Br)c1)[C@@H]1C(=O)N(c3ccc(Br)cc3)C(=O)[C@@H]1S2)Nc1ccc(Cl)cc1. The molecule has 0 bridgehead atoms. The number of benzene rings is 3. The van der Waals surface area contributed by atoms with E-state index in [1.807, 2.05) is 24.3 Å². The number of nitrogens with one attached hydrogen (secondary N) is 1. The molecule has 7 nitrogen and oxygen atoms in total. The van der Waals surface area contributed by atoms with Crippen molar-refractivity contribution in [1.29, 1.82) is 0 Å². The number of rotatable bonds is 5. The molecule has 1 aromatic heterocycles. The molecule has 0 spiro atoms. The van der Waals surface area contributed by atoms with Crippen molar-refractivity contribution in [2.45, 2.75) is 22.7 Å². The summed E-state index contributed by atoms with van der Waals surface area (Å²) in [6.07, 6.45) is 0. The van der Waals surface area contributed by atoms with Crippen molar-refractivity contribution in [3.05, 3.63) is 107 Å². The van der Waals surface area contributed by atoms with E-state index < -0.39 is 23.0 Å². The Labute approximate surface area is 258 Å². The maximum absolute atomic E-state index is 13.9. The third-order valence-corrected chi connectivity index (χ3v) is 10.6. The largest absolute Gasteiger partial charge is 0.325 e. The molecule has 12 heteroatoms. The highest BCUT2D eigenvalue weighted by Gasteiger charge is 2.56. The van der Waals surface area contributed by atoms with Gasteiger partial charge in [0.25, 0.3) is 0 Å². The van der Waals surface area contributed by atoms with Crippen LogP contribution in [0, 0.1) is 5.92 Å². The van der Waals surface area contributed by atoms with Crippen molar-refractivity contribution < 1.29 is 14.4 Å². The van der Waals surface area contributed by atoms with Gasteiger partial charge in [-0.15, -0.1) is 0 Å². The van der Waals surface area contributed by atoms with Crippen molar-refractivity contribution in [2.75, 3.05) is 10.2 Å². The first kappa shape index (κ1) is 27.5. The molecule has 0 unspecified atom stereocenters. The predicted molar refractivity (Wildman–Crippen MR) is 164 cm³/mol. The first-order valence-electron chi connectivity index (χ1n) is 12.1. The molecule has 40 heavy (non-hydrogen) atoms. The first-order valence-corrected chi connectivity index (χ1v) is 15.7. The summed E-state index contributed by atoms with van der Waals surface area (Å²) >= 11 is 15.1. The van der Waals surface area contributed by atoms with Gasteiger partial charge in [-0.3, -0.25) is 23.7 Å². The second-order valence-corrected chi connectivity index (χ2v) is 13.7. The lowest BCUT2D eigenvalue weighted by Crippen LogP contribution is -2.33. The molecule has 0 saturated carbocycles. The minimum atomic E-state index is -0.757. The van der Waals surface area contributed by atoms with Crippen LogP contribution in [0.25, 0.3) is 0 Å². The van der Waals surface area contributed by atoms with Crippen molar-refractivity contribution in [2.24, 2.45) is 5.92 Å². The van der Waals surface area contributed by atoms with E-state index in [9.17, 15) is 19.2 Å². The van der Waals surface area contributed by atoms with E-state index in [4.69, 9.17) is 11.6 Å². The fourth-order valence-electron chi connectivity index (χ4n) is 5.04. The van der Waals surface area contributed by atoms with Crippen LogP contribution in [0.5, 0.6) is 0 Å². The highest BCUT2D eigenvalue weighted by atomic mass is 79.9. The zero-order valence-corrected chi connectivity index (χ0v) is 25.9. The van der Waals surface area contributed by atoms with Crippen LogP contribution in [0.15, 0.2) is 91.6 Å². The molecule has 1 N–H and O–H groups in total. The Kier molecular flexibility index (Phi) is 7.51. The van der Waals surface area contributed by atoms with Gasteiger partial charge in [-0.05, 0) is 66.2 Å². The molecule has 0 aliphatic carbocycles. The molecule has 202 valence electrons. The molecule has 2 aliphatic rings. The number of thioether (sulfide) groups is 1. The van der Waals surface area contributed by atoms with Crippen LogP contribution in [0.1, 0.15) is 16.4 Å². The van der Waals surface area contributed by atoms with Crippen LogP contribution in [0.2, 0.25) is 5.02 Å². The van der Waals surface area contributed by atoms with Gasteiger partial charge in [0.2, 0.25) is 17.7 Å². The molecule has 0 radical (unpaired) electrons. The molecule has 2 aliphatic heterocycles. The molecular formula is C28H18Br2ClN3O4S2. The Morgan fingerprint density at radius 3 is 2.35 bits per heavy atom. The maximum atomic E-state index is 13.9. The summed E-state index contributed by atoms with van der Waals surface area (Å²) < 4.78 is 3.05. The lowest BCUT2D eigenvalue weighted by atomic mass is 9.83. The van der Waals surface area contributed by atoms with E-state index in [2.05, 4.69) is 37.2 Å². The van der Waals surface area contributed by atoms with Crippen LogP contribution < -0.4 is 15.1 Å². The topological polar surface area (TPSA) is 88.5 Å². The van der Waals surface area contributed by atoms with Gasteiger partial charge in [0.05, 0.1) is 16.6 Å². The fourth-order valence-corrected chi connectivity index (χ4v) is 8.62. The van der Waals surface area contributed by atoms with Gasteiger partial charge >= 0.3 is 4.87 Å². The summed E-state index contributed by atoms with van der Waals surface area (Å²) in [7, 11) is 0. The summed E-state index contributed by atoms with van der Waals surface area (Å²) in [6, 6.07) is 21.2. The third kappa shape index (κ3) is 4.98. The average Bonchev–Trinajstić information content (AvgIpc) is 3.36. The number of imide groups is 1. The summed E-state index contributed by atoms with van der Waals surface area (Å²) in [5.41, 5.74) is 1.85. The molecule has 3 atom stereocenters. The highest BCUT2D eigenvalue weighted by Crippen LogP contribution is 2.54. The number of nitrogens with zero attached hydrogens (tertiary/aromatic N) is 2. The molecule has 4 aromatic rings. The number of carbonyl (C=O) groups excluding carboxylic acids is 3. The van der Waals surface area contributed by atoms with Gasteiger partial charge in [0.1, 0.15) is 11.8 Å². The van der Waals surface area contributed by atoms with Crippen molar-refractivity contribution in [3.8, 4) is 0 Å². The fraction of sp³-hybridized carbons (Fsp3) is 0.143. The lowest BCUT2D eigenvalue weighted by molar-refractivity contribution is -0.122. The van der Waals surface area contributed by atoms with Gasteiger partial charge in [0, 0.05) is 30.5 Å². The molecular weight excluding hydrogens is 702 g/mol. The van der Waals surface area contributed by atoms with Gasteiger partial charge in [-0.25, -0.2) is 4.90 Å². The van der Waals surface area contributed by atoms with E-state index >= 15 is 0 Å². The minimum absolute atomic E-state index is 0.235. The van der Waals surface area contributed by atoms with Gasteiger partial charge in [-0.2, -0.15) is 0 Å². The van der Waals surface area contributed by atoms with Gasteiger partial charge in [0.15, 0.2) is 0 Å². The Balaban J connectivity index is 1.41. The maximum Gasteiger partial charge on any atom is 0.308 e. The number of halogens is 3. The minimum Gasteiger partial charge on any atom is -0.325 e. The predicted octanol–water partition coefficient (Wildman–Crippen LogP) is 6.52. The van der Waals surface area contributed by atoms with Gasteiger partial charge < -0.3 is 5.32 Å². The Bertz CT molecular complexity index is 1720. The van der Waals surface area contributed by atoms with Crippen molar-refractivity contribution >= 4 is 95.7 Å². The zero-order chi connectivity index (χ0) is 28.1. The number of amides is 3. The smallest absolute Gasteiger partial charge is 0.308 e. The summed E-state index contributed by atoms with van der Waals surface area (Å²) in [4.78, 5) is 55.5. The Hall–Kier alpha value is -2.70. The number of hydrogen-bond donors (Lipinski definition) is 1. The summed E-state index contributed by atoms with van der Waals surface area (Å²) in [5.74, 6) is -2.29. The summed E-state index contributed by atoms with van der Waals surface area (Å²) in [6.45, 7) is -0.235. The molecule has 1 saturated heterocycles. The average molecular weight is 720 g/mol. The van der Waals surface area contributed by atoms with E-state index in [-0.39, 0.29) is 23.2 Å². The molecule has 1 fully saturated rings. The highest BCUT2D eigenvalue weighted by molar-refractivity contribution is 9.10. The quantitative estimate of drug-likeness (QED) is 0.238. The van der Waals surface area contributed by atoms with Crippen LogP contribution in [-0.2, 0) is 20.9 Å². The zero-order valence-electron chi connectivity index (χ0n) is 20.3. The molecule has 3 amide bonds. The Morgan fingerprint density at radius 2 is 1.65 bits per heavy atom. The van der Waals surface area contributed by atoms with E-state index in [1.54, 1.807) is 48.5 Å². The first-order chi connectivity index (χ1) is 19.2. The number of aromatic nitrogens is 1. The number of anilines is 2. The Morgan fingerprint density at radius 1 is 0.925 bits per heavy atom. The third-order valence-electron chi connectivity index (χ3n) is 6.77. The second kappa shape index (κ2) is 10.9. The summed E-state index contributed by atoms with van der Waals surface area (Å²) in [5, 5.41) is 3.10. The lowest BCUT2D eigenvalue weighted by Gasteiger charge is -2.30. The number of carbonyl (C=O) groups is 3. The normalized spacial score (nSPS) is 19.9.